The number of imidazole rings is 1. The molecule has 2 heterocycles. The lowest BCUT2D eigenvalue weighted by Crippen LogP contribution is -2.46. The van der Waals surface area contributed by atoms with Crippen LogP contribution < -0.4 is 5.73 Å². The summed E-state index contributed by atoms with van der Waals surface area (Å²) in [5.41, 5.74) is 7.45. The number of hydrogen-bond donors (Lipinski definition) is 1. The van der Waals surface area contributed by atoms with E-state index in [1.807, 2.05) is 12.1 Å². The molecule has 4 aromatic rings. The molecule has 10 heteroatoms. The minimum Gasteiger partial charge on any atom is -0.363 e. The number of halogens is 2. The average Bonchev–Trinajstić information content (AvgIpc) is 3.37. The summed E-state index contributed by atoms with van der Waals surface area (Å²) in [6.07, 6.45) is 4.72. The van der Waals surface area contributed by atoms with Gasteiger partial charge < -0.3 is 5.73 Å². The van der Waals surface area contributed by atoms with Gasteiger partial charge in [-0.3, -0.25) is 19.0 Å². The summed E-state index contributed by atoms with van der Waals surface area (Å²) in [6, 6.07) is 17.8. The van der Waals surface area contributed by atoms with Gasteiger partial charge in [0.15, 0.2) is 5.82 Å². The molecular weight excluding hydrogens is 489 g/mol. The first kappa shape index (κ1) is 24.1. The van der Waals surface area contributed by atoms with Gasteiger partial charge in [0.1, 0.15) is 12.4 Å². The minimum absolute atomic E-state index is 0.0113. The Morgan fingerprint density at radius 2 is 1.77 bits per heavy atom. The van der Waals surface area contributed by atoms with Crippen LogP contribution in [0.2, 0.25) is 5.02 Å². The minimum atomic E-state index is -1.30. The number of benzene rings is 2. The summed E-state index contributed by atoms with van der Waals surface area (Å²) in [6.45, 7) is 0. The summed E-state index contributed by atoms with van der Waals surface area (Å²) < 4.78 is 2.27. The average molecular weight is 508 g/mol. The number of Topliss-reactive ketones (excluding diaryl/α,β-unsaturated/α-hetero) is 1. The summed E-state index contributed by atoms with van der Waals surface area (Å²) in [5.74, 6) is -2.64. The molecule has 4 rings (SSSR count). The van der Waals surface area contributed by atoms with E-state index >= 15 is 0 Å². The van der Waals surface area contributed by atoms with Crippen molar-refractivity contribution in [1.82, 2.24) is 19.0 Å². The normalized spacial score (nSPS) is 11.6. The largest absolute Gasteiger partial charge is 0.363 e. The third-order valence-corrected chi connectivity index (χ3v) is 5.87. The molecule has 2 amide bonds. The van der Waals surface area contributed by atoms with E-state index in [4.69, 9.17) is 29.1 Å². The van der Waals surface area contributed by atoms with Crippen LogP contribution >= 0.6 is 23.4 Å². The first-order chi connectivity index (χ1) is 16.8. The number of ketones is 1. The highest BCUT2D eigenvalue weighted by Crippen LogP contribution is 2.24. The number of carbonyl (C=O) groups excluding carboxylic acids is 3. The Kier molecular flexibility index (Phi) is 7.24. The Bertz CT molecular complexity index is 1390. The van der Waals surface area contributed by atoms with E-state index in [0.717, 1.165) is 5.56 Å². The quantitative estimate of drug-likeness (QED) is 0.287. The summed E-state index contributed by atoms with van der Waals surface area (Å²) in [7, 11) is 0. The van der Waals surface area contributed by atoms with E-state index in [1.54, 1.807) is 59.3 Å². The van der Waals surface area contributed by atoms with Crippen molar-refractivity contribution < 1.29 is 14.4 Å². The molecule has 0 bridgehead atoms. The molecule has 1 unspecified atom stereocenters. The summed E-state index contributed by atoms with van der Waals surface area (Å²) in [5, 5.41) is 0.562. The van der Waals surface area contributed by atoms with Crippen molar-refractivity contribution in [2.24, 2.45) is 5.73 Å². The van der Waals surface area contributed by atoms with E-state index in [-0.39, 0.29) is 17.8 Å². The van der Waals surface area contributed by atoms with Gasteiger partial charge >= 0.3 is 0 Å². The number of carbonyl (C=O) groups is 3. The summed E-state index contributed by atoms with van der Waals surface area (Å²) >= 11 is 12.5. The third-order valence-electron chi connectivity index (χ3n) is 5.25. The molecule has 0 aliphatic carbocycles. The Labute approximate surface area is 211 Å². The van der Waals surface area contributed by atoms with Crippen molar-refractivity contribution >= 4 is 41.0 Å². The van der Waals surface area contributed by atoms with E-state index in [2.05, 4.69) is 9.97 Å². The first-order valence-electron chi connectivity index (χ1n) is 10.5. The molecule has 8 nitrogen and oxygen atoms in total. The van der Waals surface area contributed by atoms with Crippen LogP contribution in [0.25, 0.3) is 17.1 Å². The van der Waals surface area contributed by atoms with Crippen LogP contribution in [-0.4, -0.2) is 42.6 Å². The van der Waals surface area contributed by atoms with Gasteiger partial charge in [0.05, 0.1) is 11.3 Å². The number of aromatic nitrogens is 3. The van der Waals surface area contributed by atoms with Crippen LogP contribution in [0.15, 0.2) is 85.5 Å². The number of nitrogens with zero attached hydrogens (tertiary/aromatic N) is 4. The van der Waals surface area contributed by atoms with Gasteiger partial charge in [-0.15, -0.1) is 0 Å². The molecule has 35 heavy (non-hydrogen) atoms. The summed E-state index contributed by atoms with van der Waals surface area (Å²) in [4.78, 5) is 46.4. The molecule has 0 saturated heterocycles. The molecule has 1 atom stereocenters. The lowest BCUT2D eigenvalue weighted by Gasteiger charge is -2.24. The van der Waals surface area contributed by atoms with Gasteiger partial charge in [-0.05, 0) is 29.8 Å². The predicted octanol–water partition coefficient (Wildman–Crippen LogP) is 3.85. The van der Waals surface area contributed by atoms with Crippen LogP contribution in [0, 0.1) is 0 Å². The third kappa shape index (κ3) is 5.40. The van der Waals surface area contributed by atoms with Crippen molar-refractivity contribution in [3.63, 3.8) is 0 Å². The monoisotopic (exact) mass is 507 g/mol. The molecule has 2 N–H and O–H groups in total. The second kappa shape index (κ2) is 10.5. The van der Waals surface area contributed by atoms with Crippen molar-refractivity contribution in [2.45, 2.75) is 12.5 Å². The van der Waals surface area contributed by atoms with Gasteiger partial charge in [0, 0.05) is 41.2 Å². The van der Waals surface area contributed by atoms with Crippen molar-refractivity contribution in [2.75, 3.05) is 0 Å². The second-order valence-electron chi connectivity index (χ2n) is 7.60. The highest BCUT2D eigenvalue weighted by atomic mass is 35.5. The standard InChI is InChI=1S/C25H19Cl2N5O3/c26-18-9-4-8-17(13-18)20-14-31(15-30-20)24-19(10-5-11-29-24)25(35)32(27)21(22(33)23(28)34)12-16-6-2-1-3-7-16/h1-11,13-15,21H,12H2,(H2,28,34). The lowest BCUT2D eigenvalue weighted by atomic mass is 10.0. The maximum Gasteiger partial charge on any atom is 0.287 e. The van der Waals surface area contributed by atoms with Gasteiger partial charge in [-0.25, -0.2) is 14.4 Å². The molecule has 0 radical (unpaired) electrons. The first-order valence-corrected chi connectivity index (χ1v) is 11.2. The molecule has 0 aliphatic heterocycles. The van der Waals surface area contributed by atoms with Crippen LogP contribution in [0.5, 0.6) is 0 Å². The molecule has 2 aromatic heterocycles. The van der Waals surface area contributed by atoms with Gasteiger partial charge in [0.2, 0.25) is 5.78 Å². The highest BCUT2D eigenvalue weighted by molar-refractivity contribution is 6.40. The Morgan fingerprint density at radius 3 is 2.49 bits per heavy atom. The van der Waals surface area contributed by atoms with E-state index in [0.29, 0.717) is 20.7 Å². The molecule has 0 aliphatic rings. The van der Waals surface area contributed by atoms with Crippen molar-refractivity contribution in [3.8, 4) is 17.1 Å². The Balaban J connectivity index is 1.67. The zero-order valence-electron chi connectivity index (χ0n) is 18.2. The van der Waals surface area contributed by atoms with Crippen molar-refractivity contribution in [3.05, 3.63) is 102 Å². The van der Waals surface area contributed by atoms with Crippen LogP contribution in [0.1, 0.15) is 15.9 Å². The smallest absolute Gasteiger partial charge is 0.287 e. The number of nitrogens with two attached hydrogens (primary N) is 1. The van der Waals surface area contributed by atoms with Gasteiger partial charge in [-0.2, -0.15) is 0 Å². The maximum atomic E-state index is 13.4. The van der Waals surface area contributed by atoms with Crippen LogP contribution in [-0.2, 0) is 16.0 Å². The molecule has 0 saturated carbocycles. The number of primary amides is 1. The Morgan fingerprint density at radius 1 is 1.00 bits per heavy atom. The van der Waals surface area contributed by atoms with Gasteiger partial charge in [0.25, 0.3) is 11.8 Å². The fourth-order valence-electron chi connectivity index (χ4n) is 3.54. The molecule has 0 spiro atoms. The predicted molar refractivity (Wildman–Crippen MR) is 132 cm³/mol. The fraction of sp³-hybridized carbons (Fsp3) is 0.0800. The SMILES string of the molecule is NC(=O)C(=O)C(Cc1ccccc1)N(Cl)C(=O)c1cccnc1-n1cnc(-c2cccc(Cl)c2)c1. The molecule has 2 aromatic carbocycles. The Hall–Kier alpha value is -4.01. The van der Waals surface area contributed by atoms with E-state index in [9.17, 15) is 14.4 Å². The fourth-order valence-corrected chi connectivity index (χ4v) is 3.98. The van der Waals surface area contributed by atoms with Gasteiger partial charge in [-0.1, -0.05) is 54.1 Å². The highest BCUT2D eigenvalue weighted by Gasteiger charge is 2.34. The number of pyridine rings is 1. The maximum absolute atomic E-state index is 13.4. The van der Waals surface area contributed by atoms with E-state index < -0.39 is 23.6 Å². The zero-order chi connectivity index (χ0) is 24.9. The zero-order valence-corrected chi connectivity index (χ0v) is 19.7. The molecular formula is C25H19Cl2N5O3. The molecule has 0 fully saturated rings. The number of amides is 2. The van der Waals surface area contributed by atoms with E-state index in [1.165, 1.54) is 18.6 Å². The topological polar surface area (TPSA) is 111 Å². The number of rotatable bonds is 8. The molecule has 176 valence electrons. The van der Waals surface area contributed by atoms with Crippen molar-refractivity contribution in [1.29, 1.82) is 0 Å². The lowest BCUT2D eigenvalue weighted by molar-refractivity contribution is -0.137. The van der Waals surface area contributed by atoms with Crippen LogP contribution in [0.4, 0.5) is 0 Å². The van der Waals surface area contributed by atoms with Crippen LogP contribution in [0.3, 0.4) is 0 Å². The second-order valence-corrected chi connectivity index (χ2v) is 8.40. The number of hydrogen-bond acceptors (Lipinski definition) is 5.